The van der Waals surface area contributed by atoms with Gasteiger partial charge in [0.1, 0.15) is 0 Å². The van der Waals surface area contributed by atoms with Gasteiger partial charge in [-0.2, -0.15) is 0 Å². The van der Waals surface area contributed by atoms with Crippen LogP contribution in [0.25, 0.3) is 0 Å². The van der Waals surface area contributed by atoms with Gasteiger partial charge in [0, 0.05) is 49.7 Å². The maximum absolute atomic E-state index is 12.0. The summed E-state index contributed by atoms with van der Waals surface area (Å²) in [5, 5.41) is 2.94. The number of amides is 1. The molecule has 0 saturated heterocycles. The summed E-state index contributed by atoms with van der Waals surface area (Å²) < 4.78 is 2.30. The Hall–Kier alpha value is -2.07. The second kappa shape index (κ2) is 6.14. The number of para-hydroxylation sites is 1. The van der Waals surface area contributed by atoms with Gasteiger partial charge in [-0.1, -0.05) is 18.2 Å². The van der Waals surface area contributed by atoms with Crippen LogP contribution in [-0.4, -0.2) is 28.5 Å². The third-order valence-corrected chi connectivity index (χ3v) is 4.15. The smallest absolute Gasteiger partial charge is 0.225 e. The summed E-state index contributed by atoms with van der Waals surface area (Å²) in [5.41, 5.74) is 2.20. The van der Waals surface area contributed by atoms with Gasteiger partial charge in [-0.15, -0.1) is 0 Å². The van der Waals surface area contributed by atoms with Gasteiger partial charge in [0.15, 0.2) is 0 Å². The molecule has 110 valence electrons. The fourth-order valence-corrected chi connectivity index (χ4v) is 2.92. The first-order valence-corrected chi connectivity index (χ1v) is 7.48. The maximum Gasteiger partial charge on any atom is 0.225 e. The topological polar surface area (TPSA) is 37.3 Å². The van der Waals surface area contributed by atoms with E-state index in [-0.39, 0.29) is 5.91 Å². The van der Waals surface area contributed by atoms with Gasteiger partial charge >= 0.3 is 0 Å². The molecule has 0 bridgehead atoms. The Morgan fingerprint density at radius 3 is 2.81 bits per heavy atom. The normalized spacial score (nSPS) is 18.2. The number of rotatable bonds is 4. The summed E-state index contributed by atoms with van der Waals surface area (Å²) in [4.78, 5) is 14.4. The van der Waals surface area contributed by atoms with Gasteiger partial charge in [0.25, 0.3) is 0 Å². The first-order chi connectivity index (χ1) is 10.2. The van der Waals surface area contributed by atoms with Crippen molar-refractivity contribution in [1.29, 1.82) is 0 Å². The Bertz CT molecular complexity index is 606. The lowest BCUT2D eigenvalue weighted by atomic mass is 10.1. The Morgan fingerprint density at radius 2 is 2.00 bits per heavy atom. The molecule has 3 rings (SSSR count). The van der Waals surface area contributed by atoms with Crippen molar-refractivity contribution < 1.29 is 4.79 Å². The number of aromatic nitrogens is 1. The van der Waals surface area contributed by atoms with E-state index in [1.54, 1.807) is 0 Å². The lowest BCUT2D eigenvalue weighted by Gasteiger charge is -2.34. The van der Waals surface area contributed by atoms with E-state index in [1.165, 1.54) is 5.69 Å². The van der Waals surface area contributed by atoms with Gasteiger partial charge in [-0.25, -0.2) is 0 Å². The van der Waals surface area contributed by atoms with Crippen molar-refractivity contribution in [2.24, 2.45) is 0 Å². The number of carbonyl (C=O) groups is 1. The highest BCUT2D eigenvalue weighted by atomic mass is 16.1. The quantitative estimate of drug-likeness (QED) is 0.937. The summed E-state index contributed by atoms with van der Waals surface area (Å²) >= 11 is 0. The Kier molecular flexibility index (Phi) is 4.06. The van der Waals surface area contributed by atoms with E-state index in [0.717, 1.165) is 25.3 Å². The number of hydrogen-bond donors (Lipinski definition) is 1. The molecule has 2 aromatic rings. The number of benzene rings is 1. The van der Waals surface area contributed by atoms with Crippen LogP contribution in [0.4, 0.5) is 5.69 Å². The number of anilines is 1. The molecule has 1 N–H and O–H groups in total. The lowest BCUT2D eigenvalue weighted by molar-refractivity contribution is -0.116. The van der Waals surface area contributed by atoms with Crippen LogP contribution in [0.2, 0.25) is 0 Å². The zero-order valence-electron chi connectivity index (χ0n) is 12.3. The van der Waals surface area contributed by atoms with Crippen molar-refractivity contribution in [2.45, 2.75) is 25.9 Å². The van der Waals surface area contributed by atoms with E-state index in [9.17, 15) is 4.79 Å². The number of hydrogen-bond acceptors (Lipinski definition) is 2. The van der Waals surface area contributed by atoms with Crippen LogP contribution in [0, 0.1) is 0 Å². The minimum Gasteiger partial charge on any atom is -0.349 e. The van der Waals surface area contributed by atoms with Crippen LogP contribution in [0.15, 0.2) is 48.7 Å². The summed E-state index contributed by atoms with van der Waals surface area (Å²) in [6.45, 7) is 5.01. The first-order valence-electron chi connectivity index (χ1n) is 7.48. The van der Waals surface area contributed by atoms with Crippen molar-refractivity contribution in [3.63, 3.8) is 0 Å². The van der Waals surface area contributed by atoms with E-state index in [1.807, 2.05) is 30.3 Å². The van der Waals surface area contributed by atoms with Crippen LogP contribution < -0.4 is 5.32 Å². The number of fused-ring (bicyclic) bond motifs is 1. The van der Waals surface area contributed by atoms with E-state index in [4.69, 9.17) is 0 Å². The van der Waals surface area contributed by atoms with E-state index < -0.39 is 0 Å². The summed E-state index contributed by atoms with van der Waals surface area (Å²) in [5.74, 6) is 0.0781. The monoisotopic (exact) mass is 283 g/mol. The van der Waals surface area contributed by atoms with Gasteiger partial charge in [-0.05, 0) is 31.2 Å². The second-order valence-corrected chi connectivity index (χ2v) is 5.50. The predicted octanol–water partition coefficient (Wildman–Crippen LogP) is 2.89. The number of carbonyl (C=O) groups excluding carboxylic acids is 1. The van der Waals surface area contributed by atoms with E-state index >= 15 is 0 Å². The summed E-state index contributed by atoms with van der Waals surface area (Å²) in [6.07, 6.45) is 2.66. The molecule has 4 nitrogen and oxygen atoms in total. The molecular formula is C17H21N3O. The molecule has 1 atom stereocenters. The predicted molar refractivity (Wildman–Crippen MR) is 84.1 cm³/mol. The zero-order chi connectivity index (χ0) is 14.7. The van der Waals surface area contributed by atoms with Crippen LogP contribution >= 0.6 is 0 Å². The molecule has 2 heterocycles. The Morgan fingerprint density at radius 1 is 1.19 bits per heavy atom. The minimum atomic E-state index is 0.0781. The van der Waals surface area contributed by atoms with Crippen LogP contribution in [0.3, 0.4) is 0 Å². The lowest BCUT2D eigenvalue weighted by Crippen LogP contribution is -2.38. The Balaban J connectivity index is 1.53. The third kappa shape index (κ3) is 3.16. The summed E-state index contributed by atoms with van der Waals surface area (Å²) in [6, 6.07) is 14.3. The Labute approximate surface area is 125 Å². The standard InChI is InChI=1S/C17H21N3O/c1-14-16-8-5-10-20(16)13-12-19(14)11-9-17(21)18-15-6-3-2-4-7-15/h2-8,10,14H,9,11-13H2,1H3,(H,18,21)/t14-/m0/s1. The van der Waals surface area contributed by atoms with Crippen LogP contribution in [0.5, 0.6) is 0 Å². The maximum atomic E-state index is 12.0. The highest BCUT2D eigenvalue weighted by Crippen LogP contribution is 2.25. The van der Waals surface area contributed by atoms with Crippen molar-refractivity contribution >= 4 is 11.6 Å². The molecule has 1 aromatic carbocycles. The fraction of sp³-hybridized carbons (Fsp3) is 0.353. The largest absolute Gasteiger partial charge is 0.349 e. The van der Waals surface area contributed by atoms with Crippen molar-refractivity contribution in [3.05, 3.63) is 54.4 Å². The molecule has 21 heavy (non-hydrogen) atoms. The molecule has 1 amide bonds. The molecule has 0 spiro atoms. The molecular weight excluding hydrogens is 262 g/mol. The molecule has 1 aliphatic rings. The molecule has 0 fully saturated rings. The average Bonchev–Trinajstić information content (AvgIpc) is 2.97. The van der Waals surface area contributed by atoms with E-state index in [0.29, 0.717) is 12.5 Å². The fourth-order valence-electron chi connectivity index (χ4n) is 2.92. The number of nitrogens with one attached hydrogen (secondary N) is 1. The molecule has 0 saturated carbocycles. The second-order valence-electron chi connectivity index (χ2n) is 5.50. The van der Waals surface area contributed by atoms with Crippen molar-refractivity contribution in [2.75, 3.05) is 18.4 Å². The van der Waals surface area contributed by atoms with Crippen LogP contribution in [-0.2, 0) is 11.3 Å². The first kappa shape index (κ1) is 13.9. The molecule has 1 aliphatic heterocycles. The van der Waals surface area contributed by atoms with Crippen LogP contribution in [0.1, 0.15) is 25.1 Å². The van der Waals surface area contributed by atoms with E-state index in [2.05, 4.69) is 40.0 Å². The average molecular weight is 283 g/mol. The van der Waals surface area contributed by atoms with Gasteiger partial charge in [0.2, 0.25) is 5.91 Å². The van der Waals surface area contributed by atoms with Gasteiger partial charge < -0.3 is 9.88 Å². The molecule has 0 radical (unpaired) electrons. The zero-order valence-corrected chi connectivity index (χ0v) is 12.3. The minimum absolute atomic E-state index is 0.0781. The number of nitrogens with zero attached hydrogens (tertiary/aromatic N) is 2. The highest BCUT2D eigenvalue weighted by Gasteiger charge is 2.23. The molecule has 1 aromatic heterocycles. The van der Waals surface area contributed by atoms with Gasteiger partial charge in [-0.3, -0.25) is 9.69 Å². The highest BCUT2D eigenvalue weighted by molar-refractivity contribution is 5.90. The van der Waals surface area contributed by atoms with Crippen molar-refractivity contribution in [1.82, 2.24) is 9.47 Å². The SMILES string of the molecule is C[C@H]1c2cccn2CCN1CCC(=O)Nc1ccccc1. The molecule has 0 aliphatic carbocycles. The molecule has 0 unspecified atom stereocenters. The molecule has 4 heteroatoms. The van der Waals surface area contributed by atoms with Crippen molar-refractivity contribution in [3.8, 4) is 0 Å². The summed E-state index contributed by atoms with van der Waals surface area (Å²) in [7, 11) is 0. The third-order valence-electron chi connectivity index (χ3n) is 4.15. The van der Waals surface area contributed by atoms with Gasteiger partial charge in [0.05, 0.1) is 0 Å².